The molecule has 2 rings (SSSR count). The molecule has 0 aromatic heterocycles. The summed E-state index contributed by atoms with van der Waals surface area (Å²) in [4.78, 5) is 0.298. The summed E-state index contributed by atoms with van der Waals surface area (Å²) < 4.78 is 37.1. The fraction of sp³-hybridized carbons (Fsp3) is 0.600. The highest BCUT2D eigenvalue weighted by atomic mass is 35.5. The Morgan fingerprint density at radius 1 is 1.18 bits per heavy atom. The van der Waals surface area contributed by atoms with Gasteiger partial charge in [-0.25, -0.2) is 8.42 Å². The molecule has 0 amide bonds. The molecular formula is C15H22ClNO4S. The van der Waals surface area contributed by atoms with E-state index in [9.17, 15) is 8.42 Å². The Bertz CT molecular complexity index is 553. The molecule has 1 fully saturated rings. The molecule has 124 valence electrons. The van der Waals surface area contributed by atoms with Gasteiger partial charge in [0, 0.05) is 31.8 Å². The Balaban J connectivity index is 1.86. The fourth-order valence-electron chi connectivity index (χ4n) is 2.46. The Morgan fingerprint density at radius 2 is 1.82 bits per heavy atom. The quantitative estimate of drug-likeness (QED) is 0.711. The van der Waals surface area contributed by atoms with Gasteiger partial charge in [0.1, 0.15) is 0 Å². The predicted octanol–water partition coefficient (Wildman–Crippen LogP) is 2.40. The molecule has 0 unspecified atom stereocenters. The number of sulfonamides is 1. The number of benzene rings is 1. The van der Waals surface area contributed by atoms with E-state index in [1.165, 1.54) is 0 Å². The van der Waals surface area contributed by atoms with Gasteiger partial charge in [-0.3, -0.25) is 0 Å². The van der Waals surface area contributed by atoms with Crippen LogP contribution in [-0.2, 0) is 19.5 Å². The van der Waals surface area contributed by atoms with Gasteiger partial charge in [0.05, 0.1) is 18.1 Å². The summed E-state index contributed by atoms with van der Waals surface area (Å²) in [5.74, 6) is 0.411. The van der Waals surface area contributed by atoms with Crippen molar-refractivity contribution in [2.75, 3.05) is 40.0 Å². The van der Waals surface area contributed by atoms with E-state index in [4.69, 9.17) is 21.1 Å². The maximum Gasteiger partial charge on any atom is 0.243 e. The molecule has 22 heavy (non-hydrogen) atoms. The van der Waals surface area contributed by atoms with Crippen molar-refractivity contribution in [3.05, 3.63) is 29.3 Å². The Kier molecular flexibility index (Phi) is 6.65. The summed E-state index contributed by atoms with van der Waals surface area (Å²) in [5.41, 5.74) is 0. The summed E-state index contributed by atoms with van der Waals surface area (Å²) in [5, 5.41) is 0.533. The Morgan fingerprint density at radius 3 is 2.41 bits per heavy atom. The van der Waals surface area contributed by atoms with Crippen LogP contribution in [-0.4, -0.2) is 52.7 Å². The van der Waals surface area contributed by atoms with Gasteiger partial charge in [0.25, 0.3) is 0 Å². The smallest absolute Gasteiger partial charge is 0.243 e. The second-order valence-corrected chi connectivity index (χ2v) is 7.74. The van der Waals surface area contributed by atoms with Crippen LogP contribution in [0.25, 0.3) is 0 Å². The summed E-state index contributed by atoms with van der Waals surface area (Å²) in [6.45, 7) is 2.90. The number of piperidine rings is 1. The van der Waals surface area contributed by atoms with Crippen molar-refractivity contribution in [3.63, 3.8) is 0 Å². The van der Waals surface area contributed by atoms with E-state index in [1.54, 1.807) is 35.7 Å². The predicted molar refractivity (Wildman–Crippen MR) is 85.6 cm³/mol. The SMILES string of the molecule is COCCOCC1CCN(S(=O)(=O)c2ccc(Cl)cc2)CC1. The average Bonchev–Trinajstić information content (AvgIpc) is 2.52. The van der Waals surface area contributed by atoms with Crippen molar-refractivity contribution in [1.82, 2.24) is 4.31 Å². The largest absolute Gasteiger partial charge is 0.382 e. The van der Waals surface area contributed by atoms with Gasteiger partial charge >= 0.3 is 0 Å². The van der Waals surface area contributed by atoms with E-state index >= 15 is 0 Å². The maximum absolute atomic E-state index is 12.5. The molecule has 5 nitrogen and oxygen atoms in total. The lowest BCUT2D eigenvalue weighted by molar-refractivity contribution is 0.0410. The van der Waals surface area contributed by atoms with E-state index in [2.05, 4.69) is 0 Å². The van der Waals surface area contributed by atoms with Gasteiger partial charge in [0.15, 0.2) is 0 Å². The molecular weight excluding hydrogens is 326 g/mol. The van der Waals surface area contributed by atoms with Crippen molar-refractivity contribution in [1.29, 1.82) is 0 Å². The van der Waals surface area contributed by atoms with Crippen molar-refractivity contribution in [2.24, 2.45) is 5.92 Å². The molecule has 1 aliphatic rings. The minimum absolute atomic E-state index is 0.298. The number of halogens is 1. The molecule has 0 atom stereocenters. The van der Waals surface area contributed by atoms with Crippen molar-refractivity contribution >= 4 is 21.6 Å². The monoisotopic (exact) mass is 347 g/mol. The summed E-state index contributed by atoms with van der Waals surface area (Å²) in [6, 6.07) is 6.31. The van der Waals surface area contributed by atoms with Crippen LogP contribution in [0.1, 0.15) is 12.8 Å². The zero-order valence-corrected chi connectivity index (χ0v) is 14.3. The average molecular weight is 348 g/mol. The Hall–Kier alpha value is -0.660. The van der Waals surface area contributed by atoms with E-state index in [0.717, 1.165) is 12.8 Å². The third-order valence-corrected chi connectivity index (χ3v) is 5.98. The zero-order valence-electron chi connectivity index (χ0n) is 12.7. The number of ether oxygens (including phenoxy) is 2. The van der Waals surface area contributed by atoms with Crippen molar-refractivity contribution in [2.45, 2.75) is 17.7 Å². The number of hydrogen-bond donors (Lipinski definition) is 0. The molecule has 0 spiro atoms. The molecule has 1 heterocycles. The summed E-state index contributed by atoms with van der Waals surface area (Å²) in [7, 11) is -1.78. The molecule has 1 aromatic carbocycles. The van der Waals surface area contributed by atoms with Gasteiger partial charge in [-0.1, -0.05) is 11.6 Å². The fourth-order valence-corrected chi connectivity index (χ4v) is 4.06. The van der Waals surface area contributed by atoms with Crippen molar-refractivity contribution in [3.8, 4) is 0 Å². The van der Waals surface area contributed by atoms with Crippen LogP contribution < -0.4 is 0 Å². The van der Waals surface area contributed by atoms with Crippen LogP contribution in [0, 0.1) is 5.92 Å². The lowest BCUT2D eigenvalue weighted by atomic mass is 9.99. The van der Waals surface area contributed by atoms with E-state index in [-0.39, 0.29) is 0 Å². The summed E-state index contributed by atoms with van der Waals surface area (Å²) in [6.07, 6.45) is 1.64. The van der Waals surface area contributed by atoms with Crippen LogP contribution in [0.5, 0.6) is 0 Å². The minimum atomic E-state index is -3.42. The van der Waals surface area contributed by atoms with Crippen molar-refractivity contribution < 1.29 is 17.9 Å². The topological polar surface area (TPSA) is 55.8 Å². The third kappa shape index (κ3) is 4.67. The number of rotatable bonds is 7. The third-order valence-electron chi connectivity index (χ3n) is 3.81. The zero-order chi connectivity index (χ0) is 16.0. The van der Waals surface area contributed by atoms with Gasteiger partial charge < -0.3 is 9.47 Å². The molecule has 7 heteroatoms. The van der Waals surface area contributed by atoms with Gasteiger partial charge in [0.2, 0.25) is 10.0 Å². The molecule has 0 bridgehead atoms. The van der Waals surface area contributed by atoms with Gasteiger partial charge in [-0.2, -0.15) is 4.31 Å². The van der Waals surface area contributed by atoms with Crippen LogP contribution in [0.4, 0.5) is 0 Å². The highest BCUT2D eigenvalue weighted by Gasteiger charge is 2.29. The molecule has 0 radical (unpaired) electrons. The summed E-state index contributed by atoms with van der Waals surface area (Å²) >= 11 is 5.81. The van der Waals surface area contributed by atoms with Crippen LogP contribution in [0.2, 0.25) is 5.02 Å². The first kappa shape index (κ1) is 17.7. The first-order chi connectivity index (χ1) is 10.5. The molecule has 1 aromatic rings. The van der Waals surface area contributed by atoms with E-state index < -0.39 is 10.0 Å². The van der Waals surface area contributed by atoms with Crippen LogP contribution in [0.15, 0.2) is 29.2 Å². The highest BCUT2D eigenvalue weighted by Crippen LogP contribution is 2.24. The molecule has 0 N–H and O–H groups in total. The maximum atomic E-state index is 12.5. The molecule has 1 aliphatic heterocycles. The number of methoxy groups -OCH3 is 1. The molecule has 1 saturated heterocycles. The lowest BCUT2D eigenvalue weighted by Gasteiger charge is -2.31. The van der Waals surface area contributed by atoms with Crippen LogP contribution >= 0.6 is 11.6 Å². The Labute approximate surface area is 137 Å². The molecule has 0 aliphatic carbocycles. The normalized spacial score (nSPS) is 17.7. The minimum Gasteiger partial charge on any atom is -0.382 e. The lowest BCUT2D eigenvalue weighted by Crippen LogP contribution is -2.39. The second kappa shape index (κ2) is 8.26. The standard InChI is InChI=1S/C15H22ClNO4S/c1-20-10-11-21-12-13-6-8-17(9-7-13)22(18,19)15-4-2-14(16)3-5-15/h2-5,13H,6-12H2,1H3. The van der Waals surface area contributed by atoms with Gasteiger partial charge in [-0.05, 0) is 43.0 Å². The van der Waals surface area contributed by atoms with E-state index in [0.29, 0.717) is 48.7 Å². The number of hydrogen-bond acceptors (Lipinski definition) is 4. The first-order valence-electron chi connectivity index (χ1n) is 7.36. The highest BCUT2D eigenvalue weighted by molar-refractivity contribution is 7.89. The van der Waals surface area contributed by atoms with E-state index in [1.807, 2.05) is 0 Å². The van der Waals surface area contributed by atoms with Crippen LogP contribution in [0.3, 0.4) is 0 Å². The van der Waals surface area contributed by atoms with Gasteiger partial charge in [-0.15, -0.1) is 0 Å². The first-order valence-corrected chi connectivity index (χ1v) is 9.18. The molecule has 0 saturated carbocycles. The second-order valence-electron chi connectivity index (χ2n) is 5.37. The number of nitrogens with zero attached hydrogens (tertiary/aromatic N) is 1.